The summed E-state index contributed by atoms with van der Waals surface area (Å²) in [6, 6.07) is 23.2. The van der Waals surface area contributed by atoms with Crippen LogP contribution in [0, 0.1) is 0 Å². The largest absolute Gasteiger partial charge is 0.494 e. The Morgan fingerprint density at radius 1 is 0.605 bits per heavy atom. The monoisotopic (exact) mass is 598 g/mol. The zero-order chi connectivity index (χ0) is 30.4. The lowest BCUT2D eigenvalue weighted by Gasteiger charge is -2.10. The fraction of sp³-hybridized carbons (Fsp3) is 0.229. The maximum atomic E-state index is 13.0. The van der Waals surface area contributed by atoms with Crippen molar-refractivity contribution in [3.8, 4) is 11.5 Å². The smallest absolute Gasteiger partial charge is 0.330 e. The van der Waals surface area contributed by atoms with Crippen LogP contribution >= 0.6 is 11.8 Å². The Kier molecular flexibility index (Phi) is 11.8. The molecule has 0 N–H and O–H groups in total. The molecule has 0 unspecified atom stereocenters. The average Bonchev–Trinajstić information content (AvgIpc) is 3.03. The van der Waals surface area contributed by atoms with Crippen molar-refractivity contribution in [3.63, 3.8) is 0 Å². The number of rotatable bonds is 16. The summed E-state index contributed by atoms with van der Waals surface area (Å²) in [6.07, 6.45) is 5.94. The molecule has 222 valence electrons. The van der Waals surface area contributed by atoms with Crippen molar-refractivity contribution >= 4 is 50.4 Å². The topological polar surface area (TPSA) is 88.1 Å². The summed E-state index contributed by atoms with van der Waals surface area (Å²) in [4.78, 5) is 36.0. The molecule has 0 bridgehead atoms. The van der Waals surface area contributed by atoms with Gasteiger partial charge in [-0.3, -0.25) is 4.79 Å². The van der Waals surface area contributed by atoms with E-state index >= 15 is 0 Å². The van der Waals surface area contributed by atoms with Gasteiger partial charge in [0.05, 0.1) is 13.2 Å². The normalized spacial score (nSPS) is 10.7. The quantitative estimate of drug-likeness (QED) is 0.0426. The van der Waals surface area contributed by atoms with E-state index in [1.54, 1.807) is 12.1 Å². The molecular weight excluding hydrogens is 564 g/mol. The molecule has 0 atom stereocenters. The highest BCUT2D eigenvalue weighted by Gasteiger charge is 2.11. The van der Waals surface area contributed by atoms with Crippen molar-refractivity contribution in [1.82, 2.24) is 0 Å². The lowest BCUT2D eigenvalue weighted by molar-refractivity contribution is -0.139. The number of unbranched alkanes of at least 4 members (excludes halogenated alkanes) is 3. The molecule has 0 aliphatic rings. The molecule has 0 fully saturated rings. The van der Waals surface area contributed by atoms with E-state index < -0.39 is 5.97 Å². The Hall–Kier alpha value is -4.56. The van der Waals surface area contributed by atoms with Gasteiger partial charge < -0.3 is 18.9 Å². The minimum absolute atomic E-state index is 0.0376. The Balaban J connectivity index is 1.26. The SMILES string of the molecule is C=CC(=O)OCCCCCCOc1ccc(C(=O)Sc2ccc3c(ccc4cc(OCCOC(=O)C=C)ccc43)c2)cc1. The van der Waals surface area contributed by atoms with E-state index in [4.69, 9.17) is 18.9 Å². The van der Waals surface area contributed by atoms with Gasteiger partial charge in [-0.15, -0.1) is 0 Å². The van der Waals surface area contributed by atoms with Crippen molar-refractivity contribution in [2.24, 2.45) is 0 Å². The average molecular weight is 599 g/mol. The van der Waals surface area contributed by atoms with E-state index in [9.17, 15) is 14.4 Å². The van der Waals surface area contributed by atoms with E-state index in [-0.39, 0.29) is 24.3 Å². The van der Waals surface area contributed by atoms with Crippen molar-refractivity contribution < 1.29 is 33.3 Å². The molecule has 4 aromatic carbocycles. The highest BCUT2D eigenvalue weighted by molar-refractivity contribution is 8.14. The summed E-state index contributed by atoms with van der Waals surface area (Å²) < 4.78 is 21.4. The van der Waals surface area contributed by atoms with Crippen LogP contribution in [0.1, 0.15) is 36.0 Å². The van der Waals surface area contributed by atoms with E-state index in [0.717, 1.165) is 63.9 Å². The Morgan fingerprint density at radius 3 is 1.88 bits per heavy atom. The number of ether oxygens (including phenoxy) is 4. The first-order valence-electron chi connectivity index (χ1n) is 14.1. The molecule has 0 saturated carbocycles. The molecular formula is C35H34O7S. The molecule has 0 aliphatic heterocycles. The zero-order valence-electron chi connectivity index (χ0n) is 23.9. The van der Waals surface area contributed by atoms with Gasteiger partial charge >= 0.3 is 11.9 Å². The maximum Gasteiger partial charge on any atom is 0.330 e. The number of hydrogen-bond donors (Lipinski definition) is 0. The summed E-state index contributed by atoms with van der Waals surface area (Å²) >= 11 is 1.20. The van der Waals surface area contributed by atoms with E-state index in [1.165, 1.54) is 17.8 Å². The Labute approximate surface area is 255 Å². The summed E-state index contributed by atoms with van der Waals surface area (Å²) in [5.41, 5.74) is 0.608. The molecule has 4 rings (SSSR count). The molecule has 7 nitrogen and oxygen atoms in total. The molecule has 0 aromatic heterocycles. The van der Waals surface area contributed by atoms with Crippen LogP contribution in [-0.2, 0) is 19.1 Å². The lowest BCUT2D eigenvalue weighted by atomic mass is 10.0. The standard InChI is InChI=1S/C35H34O7S/c1-3-33(36)41-20-8-6-5-7-19-39-28-13-11-25(12-14-28)35(38)43-30-16-18-32-27(24-30)10-9-26-23-29(15-17-31(26)32)40-21-22-42-34(37)4-2/h3-4,9-18,23-24H,1-2,5-8,19-22H2. The lowest BCUT2D eigenvalue weighted by Crippen LogP contribution is -2.10. The van der Waals surface area contributed by atoms with Crippen molar-refractivity contribution in [2.75, 3.05) is 26.4 Å². The zero-order valence-corrected chi connectivity index (χ0v) is 24.7. The van der Waals surface area contributed by atoms with Crippen LogP contribution in [0.4, 0.5) is 0 Å². The summed E-state index contributed by atoms with van der Waals surface area (Å²) in [6.45, 7) is 8.14. The van der Waals surface area contributed by atoms with Crippen LogP contribution in [0.2, 0.25) is 0 Å². The highest BCUT2D eigenvalue weighted by atomic mass is 32.2. The highest BCUT2D eigenvalue weighted by Crippen LogP contribution is 2.32. The molecule has 0 aliphatic carbocycles. The minimum Gasteiger partial charge on any atom is -0.494 e. The van der Waals surface area contributed by atoms with Gasteiger partial charge in [-0.05, 0) is 108 Å². The van der Waals surface area contributed by atoms with Crippen LogP contribution in [-0.4, -0.2) is 43.5 Å². The number of carbonyl (C=O) groups excluding carboxylic acids is 3. The molecule has 8 heteroatoms. The predicted molar refractivity (Wildman–Crippen MR) is 170 cm³/mol. The van der Waals surface area contributed by atoms with Gasteiger partial charge in [-0.2, -0.15) is 0 Å². The van der Waals surface area contributed by atoms with Gasteiger partial charge in [-0.1, -0.05) is 37.4 Å². The fourth-order valence-corrected chi connectivity index (χ4v) is 5.16. The number of thioether (sulfide) groups is 1. The molecule has 0 heterocycles. The predicted octanol–water partition coefficient (Wildman–Crippen LogP) is 7.70. The first-order valence-corrected chi connectivity index (χ1v) is 14.9. The second-order valence-corrected chi connectivity index (χ2v) is 10.6. The van der Waals surface area contributed by atoms with E-state index in [0.29, 0.717) is 24.5 Å². The molecule has 0 radical (unpaired) electrons. The van der Waals surface area contributed by atoms with Gasteiger partial charge in [0.15, 0.2) is 0 Å². The van der Waals surface area contributed by atoms with Crippen LogP contribution in [0.3, 0.4) is 0 Å². The third-order valence-electron chi connectivity index (χ3n) is 6.56. The number of esters is 2. The van der Waals surface area contributed by atoms with Crippen LogP contribution < -0.4 is 9.47 Å². The molecule has 43 heavy (non-hydrogen) atoms. The second kappa shape index (κ2) is 16.2. The van der Waals surface area contributed by atoms with Crippen molar-refractivity contribution in [3.05, 3.63) is 104 Å². The molecule has 0 saturated heterocycles. The fourth-order valence-electron chi connectivity index (χ4n) is 4.37. The van der Waals surface area contributed by atoms with Crippen LogP contribution in [0.5, 0.6) is 11.5 Å². The number of carbonyl (C=O) groups is 3. The number of hydrogen-bond acceptors (Lipinski definition) is 8. The molecule has 4 aromatic rings. The third-order valence-corrected chi connectivity index (χ3v) is 7.47. The van der Waals surface area contributed by atoms with Crippen molar-refractivity contribution in [1.29, 1.82) is 0 Å². The first kappa shape index (κ1) is 31.4. The summed E-state index contributed by atoms with van der Waals surface area (Å²) in [7, 11) is 0. The van der Waals surface area contributed by atoms with Crippen molar-refractivity contribution in [2.45, 2.75) is 30.6 Å². The first-order chi connectivity index (χ1) is 21.0. The van der Waals surface area contributed by atoms with E-state index in [2.05, 4.69) is 13.2 Å². The molecule has 0 amide bonds. The summed E-state index contributed by atoms with van der Waals surface area (Å²) in [5, 5.41) is 4.19. The van der Waals surface area contributed by atoms with E-state index in [1.807, 2.05) is 60.7 Å². The minimum atomic E-state index is -0.474. The number of fused-ring (bicyclic) bond motifs is 3. The molecule has 0 spiro atoms. The second-order valence-electron chi connectivity index (χ2n) is 9.60. The maximum absolute atomic E-state index is 13.0. The third kappa shape index (κ3) is 9.48. The van der Waals surface area contributed by atoms with Gasteiger partial charge in [0.1, 0.15) is 24.7 Å². The summed E-state index contributed by atoms with van der Waals surface area (Å²) in [5.74, 6) is 0.555. The Bertz CT molecular complexity index is 1590. The van der Waals surface area contributed by atoms with Gasteiger partial charge in [0.2, 0.25) is 5.12 Å². The van der Waals surface area contributed by atoms with Crippen LogP contribution in [0.15, 0.2) is 103 Å². The number of benzene rings is 4. The Morgan fingerprint density at radius 2 is 1.19 bits per heavy atom. The van der Waals surface area contributed by atoms with Gasteiger partial charge in [0.25, 0.3) is 0 Å². The van der Waals surface area contributed by atoms with Crippen LogP contribution in [0.25, 0.3) is 21.5 Å². The van der Waals surface area contributed by atoms with Gasteiger partial charge in [0, 0.05) is 22.6 Å². The van der Waals surface area contributed by atoms with Gasteiger partial charge in [-0.25, -0.2) is 9.59 Å².